The summed E-state index contributed by atoms with van der Waals surface area (Å²) < 4.78 is 18.9. The van der Waals surface area contributed by atoms with Gasteiger partial charge in [-0.1, -0.05) is 18.2 Å². The molecule has 5 heteroatoms. The summed E-state index contributed by atoms with van der Waals surface area (Å²) >= 11 is 0. The molecule has 3 aromatic rings. The lowest BCUT2D eigenvalue weighted by molar-refractivity contribution is 0.305. The monoisotopic (exact) mass is 333 g/mol. The lowest BCUT2D eigenvalue weighted by Gasteiger charge is -2.10. The van der Waals surface area contributed by atoms with E-state index in [9.17, 15) is 4.39 Å². The van der Waals surface area contributed by atoms with E-state index in [1.807, 2.05) is 42.5 Å². The normalized spacial score (nSPS) is 10.1. The zero-order chi connectivity index (χ0) is 17.5. The Hall–Kier alpha value is -3.39. The van der Waals surface area contributed by atoms with Crippen LogP contribution in [0.4, 0.5) is 10.1 Å². The van der Waals surface area contributed by atoms with Crippen LogP contribution in [0.25, 0.3) is 0 Å². The lowest BCUT2D eigenvalue weighted by atomic mass is 10.1. The van der Waals surface area contributed by atoms with Gasteiger partial charge in [0, 0.05) is 24.5 Å². The number of halogens is 1. The maximum Gasteiger partial charge on any atom is 0.124 e. The van der Waals surface area contributed by atoms with Gasteiger partial charge >= 0.3 is 0 Å². The minimum atomic E-state index is -0.419. The highest BCUT2D eigenvalue weighted by Gasteiger charge is 2.04. The van der Waals surface area contributed by atoms with Crippen molar-refractivity contribution in [3.8, 4) is 11.8 Å². The molecule has 1 heterocycles. The molecule has 0 saturated carbocycles. The van der Waals surface area contributed by atoms with Crippen LogP contribution in [0.15, 0.2) is 67.0 Å². The van der Waals surface area contributed by atoms with Crippen molar-refractivity contribution in [2.24, 2.45) is 0 Å². The number of hydrogen-bond donors (Lipinski definition) is 1. The molecule has 0 aliphatic rings. The predicted octanol–water partition coefficient (Wildman–Crippen LogP) is 4.28. The third-order valence-electron chi connectivity index (χ3n) is 3.64. The first-order valence-corrected chi connectivity index (χ1v) is 7.79. The number of ether oxygens (including phenoxy) is 1. The second-order valence-electron chi connectivity index (χ2n) is 5.45. The number of aromatic nitrogens is 1. The molecule has 0 radical (unpaired) electrons. The first kappa shape index (κ1) is 16.5. The van der Waals surface area contributed by atoms with Gasteiger partial charge in [-0.3, -0.25) is 4.98 Å². The van der Waals surface area contributed by atoms with Crippen LogP contribution in [-0.4, -0.2) is 4.98 Å². The Labute approximate surface area is 145 Å². The van der Waals surface area contributed by atoms with E-state index in [1.54, 1.807) is 18.5 Å². The Morgan fingerprint density at radius 2 is 1.92 bits per heavy atom. The van der Waals surface area contributed by atoms with Crippen molar-refractivity contribution >= 4 is 5.69 Å². The van der Waals surface area contributed by atoms with Gasteiger partial charge in [0.1, 0.15) is 24.2 Å². The van der Waals surface area contributed by atoms with Crippen LogP contribution in [0.1, 0.15) is 16.7 Å². The summed E-state index contributed by atoms with van der Waals surface area (Å²) in [5, 5.41) is 12.2. The number of anilines is 1. The minimum absolute atomic E-state index is 0.288. The fourth-order valence-corrected chi connectivity index (χ4v) is 2.31. The third-order valence-corrected chi connectivity index (χ3v) is 3.64. The van der Waals surface area contributed by atoms with E-state index in [0.29, 0.717) is 18.8 Å². The number of rotatable bonds is 6. The van der Waals surface area contributed by atoms with Gasteiger partial charge in [-0.2, -0.15) is 5.26 Å². The summed E-state index contributed by atoms with van der Waals surface area (Å²) in [6, 6.07) is 17.6. The second-order valence-corrected chi connectivity index (χ2v) is 5.45. The SMILES string of the molecule is N#Cc1cc(F)ccc1NCc1ccc(OCc2cccnc2)cc1. The summed E-state index contributed by atoms with van der Waals surface area (Å²) in [6.07, 6.45) is 3.50. The molecular formula is C20H16FN3O. The lowest BCUT2D eigenvalue weighted by Crippen LogP contribution is -2.02. The molecule has 0 spiro atoms. The fraction of sp³-hybridized carbons (Fsp3) is 0.100. The highest BCUT2D eigenvalue weighted by atomic mass is 19.1. The zero-order valence-corrected chi connectivity index (χ0v) is 13.4. The molecule has 0 unspecified atom stereocenters. The number of nitrogens with one attached hydrogen (secondary N) is 1. The Kier molecular flexibility index (Phi) is 5.22. The van der Waals surface area contributed by atoms with E-state index in [1.165, 1.54) is 12.1 Å². The van der Waals surface area contributed by atoms with Crippen LogP contribution >= 0.6 is 0 Å². The van der Waals surface area contributed by atoms with Crippen LogP contribution in [0.2, 0.25) is 0 Å². The Bertz CT molecular complexity index is 874. The molecular weight excluding hydrogens is 317 g/mol. The Balaban J connectivity index is 1.57. The number of nitriles is 1. The summed E-state index contributed by atoms with van der Waals surface area (Å²) in [7, 11) is 0. The molecule has 0 aliphatic carbocycles. The number of hydrogen-bond acceptors (Lipinski definition) is 4. The number of nitrogens with zero attached hydrogens (tertiary/aromatic N) is 2. The molecule has 0 saturated heterocycles. The molecule has 1 aromatic heterocycles. The topological polar surface area (TPSA) is 57.9 Å². The highest BCUT2D eigenvalue weighted by Crippen LogP contribution is 2.18. The van der Waals surface area contributed by atoms with Crippen molar-refractivity contribution in [3.05, 3.63) is 89.5 Å². The van der Waals surface area contributed by atoms with Crippen molar-refractivity contribution in [2.45, 2.75) is 13.2 Å². The van der Waals surface area contributed by atoms with Gasteiger partial charge in [-0.25, -0.2) is 4.39 Å². The van der Waals surface area contributed by atoms with E-state index in [2.05, 4.69) is 10.3 Å². The van der Waals surface area contributed by atoms with Gasteiger partial charge in [-0.05, 0) is 42.0 Å². The molecule has 4 nitrogen and oxygen atoms in total. The average molecular weight is 333 g/mol. The molecule has 0 atom stereocenters. The quantitative estimate of drug-likeness (QED) is 0.731. The van der Waals surface area contributed by atoms with Crippen molar-refractivity contribution in [1.82, 2.24) is 4.98 Å². The van der Waals surface area contributed by atoms with Crippen LogP contribution in [0, 0.1) is 17.1 Å². The van der Waals surface area contributed by atoms with Crippen molar-refractivity contribution in [1.29, 1.82) is 5.26 Å². The Morgan fingerprint density at radius 3 is 2.64 bits per heavy atom. The van der Waals surface area contributed by atoms with Gasteiger partial charge in [0.15, 0.2) is 0 Å². The number of benzene rings is 2. The second kappa shape index (κ2) is 7.93. The van der Waals surface area contributed by atoms with Crippen LogP contribution < -0.4 is 10.1 Å². The molecule has 0 fully saturated rings. The first-order chi connectivity index (χ1) is 12.2. The van der Waals surface area contributed by atoms with Gasteiger partial charge in [0.05, 0.1) is 11.3 Å². The largest absolute Gasteiger partial charge is 0.489 e. The summed E-state index contributed by atoms with van der Waals surface area (Å²) in [4.78, 5) is 4.05. The molecule has 124 valence electrons. The molecule has 0 amide bonds. The third kappa shape index (κ3) is 4.55. The van der Waals surface area contributed by atoms with E-state index < -0.39 is 5.82 Å². The van der Waals surface area contributed by atoms with Crippen LogP contribution in [0.5, 0.6) is 5.75 Å². The smallest absolute Gasteiger partial charge is 0.124 e. The molecule has 0 bridgehead atoms. The fourth-order valence-electron chi connectivity index (χ4n) is 2.31. The number of pyridine rings is 1. The Morgan fingerprint density at radius 1 is 1.08 bits per heavy atom. The van der Waals surface area contributed by atoms with Crippen molar-refractivity contribution in [2.75, 3.05) is 5.32 Å². The van der Waals surface area contributed by atoms with Crippen molar-refractivity contribution < 1.29 is 9.13 Å². The molecule has 0 aliphatic heterocycles. The highest BCUT2D eigenvalue weighted by molar-refractivity contribution is 5.57. The summed E-state index contributed by atoms with van der Waals surface area (Å²) in [5.41, 5.74) is 2.94. The maximum atomic E-state index is 13.1. The molecule has 2 aromatic carbocycles. The molecule has 25 heavy (non-hydrogen) atoms. The average Bonchev–Trinajstić information content (AvgIpc) is 2.67. The van der Waals surface area contributed by atoms with Crippen LogP contribution in [0.3, 0.4) is 0 Å². The van der Waals surface area contributed by atoms with Gasteiger partial charge < -0.3 is 10.1 Å². The van der Waals surface area contributed by atoms with Crippen LogP contribution in [-0.2, 0) is 13.2 Å². The summed E-state index contributed by atoms with van der Waals surface area (Å²) in [5.74, 6) is 0.351. The van der Waals surface area contributed by atoms with E-state index in [0.717, 1.165) is 16.9 Å². The standard InChI is InChI=1S/C20H16FN3O/c21-18-5-8-20(17(10-18)11-22)24-13-15-3-6-19(7-4-15)25-14-16-2-1-9-23-12-16/h1-10,12,24H,13-14H2. The van der Waals surface area contributed by atoms with E-state index >= 15 is 0 Å². The van der Waals surface area contributed by atoms with Crippen molar-refractivity contribution in [3.63, 3.8) is 0 Å². The zero-order valence-electron chi connectivity index (χ0n) is 13.4. The van der Waals surface area contributed by atoms with Gasteiger partial charge in [0.25, 0.3) is 0 Å². The molecule has 3 rings (SSSR count). The maximum absolute atomic E-state index is 13.1. The minimum Gasteiger partial charge on any atom is -0.489 e. The van der Waals surface area contributed by atoms with E-state index in [-0.39, 0.29) is 5.56 Å². The van der Waals surface area contributed by atoms with E-state index in [4.69, 9.17) is 10.00 Å². The predicted molar refractivity (Wildman–Crippen MR) is 93.5 cm³/mol. The van der Waals surface area contributed by atoms with Gasteiger partial charge in [0.2, 0.25) is 0 Å². The van der Waals surface area contributed by atoms with Gasteiger partial charge in [-0.15, -0.1) is 0 Å². The molecule has 1 N–H and O–H groups in total. The first-order valence-electron chi connectivity index (χ1n) is 7.79. The summed E-state index contributed by atoms with van der Waals surface area (Å²) in [6.45, 7) is 0.996.